The summed E-state index contributed by atoms with van der Waals surface area (Å²) in [6.07, 6.45) is 0. The van der Waals surface area contributed by atoms with E-state index in [1.807, 2.05) is 0 Å². The van der Waals surface area contributed by atoms with Crippen LogP contribution in [0.15, 0.2) is 42.5 Å². The maximum Gasteiger partial charge on any atom is 0.328 e. The van der Waals surface area contributed by atoms with Gasteiger partial charge in [0.25, 0.3) is 0 Å². The molecule has 0 spiro atoms. The van der Waals surface area contributed by atoms with Crippen molar-refractivity contribution >= 4 is 52.4 Å². The number of nitrogens with zero attached hydrogens (tertiary/aromatic N) is 1. The second-order valence-corrected chi connectivity index (χ2v) is 6.57. The summed E-state index contributed by atoms with van der Waals surface area (Å²) in [5, 5.41) is 5.80. The van der Waals surface area contributed by atoms with Gasteiger partial charge in [0.15, 0.2) is 0 Å². The second-order valence-electron chi connectivity index (χ2n) is 5.72. The Kier molecular flexibility index (Phi) is 5.53. The van der Waals surface area contributed by atoms with Gasteiger partial charge in [-0.3, -0.25) is 9.59 Å². The molecule has 2 N–H and O–H groups in total. The van der Waals surface area contributed by atoms with Crippen LogP contribution in [-0.2, 0) is 9.59 Å². The van der Waals surface area contributed by atoms with Crippen LogP contribution >= 0.6 is 23.2 Å². The van der Waals surface area contributed by atoms with Gasteiger partial charge in [0.2, 0.25) is 11.8 Å². The standard InChI is InChI=1S/C18H15Cl2N3O4/c1-27-12-5-3-11(4-6-12)23-17(25)13(9-21-18(23)26)16(24)22-15-8-10(19)2-7-14(15)20/h2-8,13H,9H2,1H3,(H,21,26)(H,22,24). The Labute approximate surface area is 165 Å². The number of hydrogen-bond acceptors (Lipinski definition) is 4. The third-order valence-electron chi connectivity index (χ3n) is 4.01. The highest BCUT2D eigenvalue weighted by atomic mass is 35.5. The summed E-state index contributed by atoms with van der Waals surface area (Å²) in [6, 6.07) is 10.3. The lowest BCUT2D eigenvalue weighted by Crippen LogP contribution is -2.58. The number of urea groups is 1. The van der Waals surface area contributed by atoms with E-state index in [4.69, 9.17) is 27.9 Å². The van der Waals surface area contributed by atoms with E-state index in [9.17, 15) is 14.4 Å². The van der Waals surface area contributed by atoms with E-state index in [2.05, 4.69) is 10.6 Å². The Morgan fingerprint density at radius 1 is 1.19 bits per heavy atom. The Balaban J connectivity index is 1.81. The first-order valence-corrected chi connectivity index (χ1v) is 8.68. The van der Waals surface area contributed by atoms with Crippen molar-refractivity contribution in [3.8, 4) is 5.75 Å². The van der Waals surface area contributed by atoms with Gasteiger partial charge in [-0.1, -0.05) is 23.2 Å². The molecule has 1 heterocycles. The summed E-state index contributed by atoms with van der Waals surface area (Å²) in [5.74, 6) is -1.77. The fourth-order valence-corrected chi connectivity index (χ4v) is 2.94. The van der Waals surface area contributed by atoms with Gasteiger partial charge in [-0.25, -0.2) is 9.69 Å². The summed E-state index contributed by atoms with van der Waals surface area (Å²) in [6.45, 7) is -0.117. The minimum atomic E-state index is -1.11. The molecular formula is C18H15Cl2N3O4. The number of amides is 4. The summed E-state index contributed by atoms with van der Waals surface area (Å²) in [7, 11) is 1.51. The number of hydrogen-bond donors (Lipinski definition) is 2. The number of benzene rings is 2. The number of ether oxygens (including phenoxy) is 1. The van der Waals surface area contributed by atoms with E-state index < -0.39 is 23.8 Å². The molecule has 27 heavy (non-hydrogen) atoms. The molecule has 1 fully saturated rings. The highest BCUT2D eigenvalue weighted by molar-refractivity contribution is 6.36. The van der Waals surface area contributed by atoms with Crippen LogP contribution in [0.4, 0.5) is 16.2 Å². The Morgan fingerprint density at radius 2 is 1.89 bits per heavy atom. The van der Waals surface area contributed by atoms with Crippen molar-refractivity contribution in [2.75, 3.05) is 23.9 Å². The molecule has 7 nitrogen and oxygen atoms in total. The van der Waals surface area contributed by atoms with Crippen LogP contribution in [0, 0.1) is 5.92 Å². The van der Waals surface area contributed by atoms with E-state index >= 15 is 0 Å². The van der Waals surface area contributed by atoms with E-state index in [0.29, 0.717) is 16.5 Å². The maximum absolute atomic E-state index is 12.8. The second kappa shape index (κ2) is 7.85. The van der Waals surface area contributed by atoms with Crippen LogP contribution in [0.2, 0.25) is 10.0 Å². The van der Waals surface area contributed by atoms with Crippen molar-refractivity contribution < 1.29 is 19.1 Å². The van der Waals surface area contributed by atoms with E-state index in [1.54, 1.807) is 30.3 Å². The number of imide groups is 1. The highest BCUT2D eigenvalue weighted by Crippen LogP contribution is 2.27. The molecule has 1 aliphatic heterocycles. The smallest absolute Gasteiger partial charge is 0.328 e. The molecule has 2 aromatic rings. The summed E-state index contributed by atoms with van der Waals surface area (Å²) >= 11 is 12.0. The molecule has 1 unspecified atom stereocenters. The topological polar surface area (TPSA) is 87.7 Å². The summed E-state index contributed by atoms with van der Waals surface area (Å²) < 4.78 is 5.07. The van der Waals surface area contributed by atoms with E-state index in [0.717, 1.165) is 4.90 Å². The lowest BCUT2D eigenvalue weighted by Gasteiger charge is -2.30. The van der Waals surface area contributed by atoms with Gasteiger partial charge in [0.1, 0.15) is 11.7 Å². The average molecular weight is 408 g/mol. The molecule has 4 amide bonds. The molecule has 0 aromatic heterocycles. The number of methoxy groups -OCH3 is 1. The van der Waals surface area contributed by atoms with Crippen molar-refractivity contribution in [3.63, 3.8) is 0 Å². The zero-order valence-corrected chi connectivity index (χ0v) is 15.7. The third kappa shape index (κ3) is 3.99. The minimum Gasteiger partial charge on any atom is -0.497 e. The Bertz CT molecular complexity index is 902. The number of nitrogens with one attached hydrogen (secondary N) is 2. The molecule has 0 bridgehead atoms. The highest BCUT2D eigenvalue weighted by Gasteiger charge is 2.39. The number of anilines is 2. The van der Waals surface area contributed by atoms with E-state index in [1.165, 1.54) is 19.2 Å². The number of carbonyl (C=O) groups is 3. The first-order valence-electron chi connectivity index (χ1n) is 7.92. The van der Waals surface area contributed by atoms with Gasteiger partial charge in [-0.05, 0) is 42.5 Å². The van der Waals surface area contributed by atoms with Crippen molar-refractivity contribution in [2.24, 2.45) is 5.92 Å². The van der Waals surface area contributed by atoms with Gasteiger partial charge in [-0.15, -0.1) is 0 Å². The molecular weight excluding hydrogens is 393 g/mol. The molecule has 1 atom stereocenters. The van der Waals surface area contributed by atoms with Crippen molar-refractivity contribution in [1.82, 2.24) is 5.32 Å². The number of halogens is 2. The lowest BCUT2D eigenvalue weighted by molar-refractivity contribution is -0.130. The van der Waals surface area contributed by atoms with Crippen molar-refractivity contribution in [1.29, 1.82) is 0 Å². The first-order chi connectivity index (χ1) is 12.9. The Hall–Kier alpha value is -2.77. The van der Waals surface area contributed by atoms with Gasteiger partial charge in [-0.2, -0.15) is 0 Å². The molecule has 0 aliphatic carbocycles. The SMILES string of the molecule is COc1ccc(N2C(=O)NCC(C(=O)Nc3cc(Cl)ccc3Cl)C2=O)cc1. The minimum absolute atomic E-state index is 0.117. The average Bonchev–Trinajstić information content (AvgIpc) is 2.65. The Morgan fingerprint density at radius 3 is 2.56 bits per heavy atom. The van der Waals surface area contributed by atoms with Gasteiger partial charge < -0.3 is 15.4 Å². The molecule has 2 aromatic carbocycles. The largest absolute Gasteiger partial charge is 0.497 e. The predicted molar refractivity (Wildman–Crippen MR) is 102 cm³/mol. The number of carbonyl (C=O) groups excluding carboxylic acids is 3. The quantitative estimate of drug-likeness (QED) is 0.760. The van der Waals surface area contributed by atoms with Crippen LogP contribution in [0.5, 0.6) is 5.75 Å². The van der Waals surface area contributed by atoms with Gasteiger partial charge in [0, 0.05) is 11.6 Å². The molecule has 1 saturated heterocycles. The molecule has 140 valence electrons. The number of rotatable bonds is 4. The third-order valence-corrected chi connectivity index (χ3v) is 4.58. The van der Waals surface area contributed by atoms with Crippen molar-refractivity contribution in [2.45, 2.75) is 0 Å². The molecule has 9 heteroatoms. The van der Waals surface area contributed by atoms with Gasteiger partial charge in [0.05, 0.1) is 23.5 Å². The van der Waals surface area contributed by atoms with Gasteiger partial charge >= 0.3 is 6.03 Å². The van der Waals surface area contributed by atoms with Crippen molar-refractivity contribution in [3.05, 3.63) is 52.5 Å². The fourth-order valence-electron chi connectivity index (χ4n) is 2.61. The van der Waals surface area contributed by atoms with Crippen LogP contribution in [0.25, 0.3) is 0 Å². The van der Waals surface area contributed by atoms with E-state index in [-0.39, 0.29) is 17.3 Å². The predicted octanol–water partition coefficient (Wildman–Crippen LogP) is 3.31. The lowest BCUT2D eigenvalue weighted by atomic mass is 10.0. The van der Waals surface area contributed by atoms with Crippen LogP contribution in [-0.4, -0.2) is 31.5 Å². The fraction of sp³-hybridized carbons (Fsp3) is 0.167. The summed E-state index contributed by atoms with van der Waals surface area (Å²) in [4.78, 5) is 38.5. The van der Waals surface area contributed by atoms with Crippen LogP contribution in [0.3, 0.4) is 0 Å². The monoisotopic (exact) mass is 407 g/mol. The summed E-state index contributed by atoms with van der Waals surface area (Å²) in [5.41, 5.74) is 0.617. The zero-order valence-electron chi connectivity index (χ0n) is 14.2. The molecule has 0 saturated carbocycles. The molecule has 1 aliphatic rings. The molecule has 3 rings (SSSR count). The molecule has 0 radical (unpaired) electrons. The zero-order chi connectivity index (χ0) is 19.6. The van der Waals surface area contributed by atoms with Crippen LogP contribution in [0.1, 0.15) is 0 Å². The normalized spacial score (nSPS) is 16.7. The maximum atomic E-state index is 12.8. The van der Waals surface area contributed by atoms with Crippen LogP contribution < -0.4 is 20.3 Å². The first kappa shape index (κ1) is 19.0.